The van der Waals surface area contributed by atoms with Gasteiger partial charge in [0, 0.05) is 33.2 Å². The standard InChI is InChI=1S/C16H24N6O3/c1-10-4-5-22(11(6-10)7-17)12(23)8-21-9-18-14-13(21)15(24)20(3)16(25)19(14)2/h9-11H,4-8,17H2,1-3H3. The maximum Gasteiger partial charge on any atom is 0.332 e. The maximum atomic E-state index is 12.8. The van der Waals surface area contributed by atoms with Crippen LogP contribution in [0.3, 0.4) is 0 Å². The number of hydrogen-bond acceptors (Lipinski definition) is 5. The van der Waals surface area contributed by atoms with Gasteiger partial charge in [0.15, 0.2) is 11.2 Å². The van der Waals surface area contributed by atoms with Crippen LogP contribution in [0.15, 0.2) is 15.9 Å². The monoisotopic (exact) mass is 348 g/mol. The number of aromatic nitrogens is 4. The smallest absolute Gasteiger partial charge is 0.332 e. The number of nitrogens with zero attached hydrogens (tertiary/aromatic N) is 5. The Balaban J connectivity index is 1.95. The number of fused-ring (bicyclic) bond motifs is 1. The third kappa shape index (κ3) is 2.88. The summed E-state index contributed by atoms with van der Waals surface area (Å²) in [5, 5.41) is 0. The lowest BCUT2D eigenvalue weighted by atomic mass is 9.92. The average Bonchev–Trinajstić information content (AvgIpc) is 3.01. The highest BCUT2D eigenvalue weighted by atomic mass is 16.2. The molecule has 1 amide bonds. The predicted molar refractivity (Wildman–Crippen MR) is 93.2 cm³/mol. The van der Waals surface area contributed by atoms with E-state index in [0.717, 1.165) is 17.4 Å². The Labute approximate surface area is 144 Å². The van der Waals surface area contributed by atoms with Crippen molar-refractivity contribution in [3.8, 4) is 0 Å². The lowest BCUT2D eigenvalue weighted by molar-refractivity contribution is -0.135. The summed E-state index contributed by atoms with van der Waals surface area (Å²) in [4.78, 5) is 43.2. The van der Waals surface area contributed by atoms with Gasteiger partial charge in [0.05, 0.1) is 6.33 Å². The molecule has 1 fully saturated rings. The van der Waals surface area contributed by atoms with Crippen LogP contribution in [0.1, 0.15) is 19.8 Å². The Bertz CT molecular complexity index is 924. The largest absolute Gasteiger partial charge is 0.337 e. The number of piperidine rings is 1. The average molecular weight is 348 g/mol. The molecule has 25 heavy (non-hydrogen) atoms. The molecule has 9 heteroatoms. The Hall–Kier alpha value is -2.42. The first-order valence-electron chi connectivity index (χ1n) is 8.45. The molecule has 2 N–H and O–H groups in total. The Morgan fingerprint density at radius 3 is 2.72 bits per heavy atom. The molecule has 2 aromatic heterocycles. The van der Waals surface area contributed by atoms with Crippen LogP contribution in [-0.4, -0.2) is 48.6 Å². The molecule has 0 saturated carbocycles. The number of imidazole rings is 1. The summed E-state index contributed by atoms with van der Waals surface area (Å²) < 4.78 is 3.85. The van der Waals surface area contributed by atoms with E-state index in [0.29, 0.717) is 19.0 Å². The van der Waals surface area contributed by atoms with Crippen LogP contribution >= 0.6 is 0 Å². The van der Waals surface area contributed by atoms with Crippen molar-refractivity contribution in [2.75, 3.05) is 13.1 Å². The molecule has 0 aliphatic carbocycles. The first-order chi connectivity index (χ1) is 11.8. The minimum absolute atomic E-state index is 0.00875. The van der Waals surface area contributed by atoms with Crippen molar-refractivity contribution in [1.82, 2.24) is 23.6 Å². The number of hydrogen-bond donors (Lipinski definition) is 1. The topological polar surface area (TPSA) is 108 Å². The fourth-order valence-corrected chi connectivity index (χ4v) is 3.56. The molecule has 3 rings (SSSR count). The molecule has 1 saturated heterocycles. The predicted octanol–water partition coefficient (Wildman–Crippen LogP) is -0.980. The molecule has 1 aliphatic heterocycles. The summed E-state index contributed by atoms with van der Waals surface area (Å²) in [6.45, 7) is 3.27. The van der Waals surface area contributed by atoms with Crippen LogP contribution in [-0.2, 0) is 25.4 Å². The highest BCUT2D eigenvalue weighted by Crippen LogP contribution is 2.22. The van der Waals surface area contributed by atoms with Gasteiger partial charge < -0.3 is 15.2 Å². The lowest BCUT2D eigenvalue weighted by Crippen LogP contribution is -2.50. The maximum absolute atomic E-state index is 12.8. The molecule has 0 radical (unpaired) electrons. The zero-order valence-corrected chi connectivity index (χ0v) is 14.8. The summed E-state index contributed by atoms with van der Waals surface area (Å²) in [5.41, 5.74) is 5.48. The number of nitrogens with two attached hydrogens (primary N) is 1. The van der Waals surface area contributed by atoms with Gasteiger partial charge in [0.25, 0.3) is 5.56 Å². The molecule has 136 valence electrons. The van der Waals surface area contributed by atoms with E-state index < -0.39 is 11.2 Å². The number of aryl methyl sites for hydroxylation is 1. The number of likely N-dealkylation sites (tertiary alicyclic amines) is 1. The van der Waals surface area contributed by atoms with E-state index in [-0.39, 0.29) is 29.7 Å². The van der Waals surface area contributed by atoms with Gasteiger partial charge in [-0.05, 0) is 18.8 Å². The fraction of sp³-hybridized carbons (Fsp3) is 0.625. The molecule has 0 bridgehead atoms. The number of rotatable bonds is 3. The van der Waals surface area contributed by atoms with E-state index in [9.17, 15) is 14.4 Å². The van der Waals surface area contributed by atoms with Gasteiger partial charge in [-0.1, -0.05) is 6.92 Å². The Kier molecular flexibility index (Phi) is 4.51. The molecule has 2 unspecified atom stereocenters. The first kappa shape index (κ1) is 17.4. The quantitative estimate of drug-likeness (QED) is 0.767. The van der Waals surface area contributed by atoms with E-state index in [4.69, 9.17) is 5.73 Å². The third-order valence-corrected chi connectivity index (χ3v) is 5.09. The summed E-state index contributed by atoms with van der Waals surface area (Å²) >= 11 is 0. The van der Waals surface area contributed by atoms with E-state index in [2.05, 4.69) is 11.9 Å². The zero-order chi connectivity index (χ0) is 18.3. The van der Waals surface area contributed by atoms with E-state index in [1.54, 1.807) is 11.9 Å². The van der Waals surface area contributed by atoms with Crippen LogP contribution in [0.4, 0.5) is 0 Å². The molecule has 3 heterocycles. The van der Waals surface area contributed by atoms with E-state index in [1.807, 2.05) is 0 Å². The molecule has 2 aromatic rings. The SMILES string of the molecule is CC1CCN(C(=O)Cn2cnc3c2c(=O)n(C)c(=O)n3C)C(CN)C1. The summed E-state index contributed by atoms with van der Waals surface area (Å²) in [6.07, 6.45) is 3.28. The molecule has 9 nitrogen and oxygen atoms in total. The second-order valence-electron chi connectivity index (χ2n) is 6.86. The minimum Gasteiger partial charge on any atom is -0.337 e. The van der Waals surface area contributed by atoms with Gasteiger partial charge >= 0.3 is 5.69 Å². The fourth-order valence-electron chi connectivity index (χ4n) is 3.56. The molecule has 0 spiro atoms. The van der Waals surface area contributed by atoms with Crippen molar-refractivity contribution in [2.45, 2.75) is 32.4 Å². The summed E-state index contributed by atoms with van der Waals surface area (Å²) in [5.74, 6) is 0.464. The van der Waals surface area contributed by atoms with Crippen molar-refractivity contribution in [1.29, 1.82) is 0 Å². The van der Waals surface area contributed by atoms with Crippen LogP contribution in [0.25, 0.3) is 11.2 Å². The molecule has 0 aromatic carbocycles. The van der Waals surface area contributed by atoms with Gasteiger partial charge in [0.1, 0.15) is 6.54 Å². The third-order valence-electron chi connectivity index (χ3n) is 5.09. The summed E-state index contributed by atoms with van der Waals surface area (Å²) in [6, 6.07) is 0.0261. The van der Waals surface area contributed by atoms with Crippen molar-refractivity contribution in [3.05, 3.63) is 27.2 Å². The van der Waals surface area contributed by atoms with Crippen LogP contribution in [0, 0.1) is 5.92 Å². The van der Waals surface area contributed by atoms with Gasteiger partial charge in [-0.15, -0.1) is 0 Å². The van der Waals surface area contributed by atoms with Crippen LogP contribution in [0.2, 0.25) is 0 Å². The number of carbonyl (C=O) groups is 1. The zero-order valence-electron chi connectivity index (χ0n) is 14.8. The van der Waals surface area contributed by atoms with Gasteiger partial charge in [-0.2, -0.15) is 0 Å². The minimum atomic E-state index is -0.453. The van der Waals surface area contributed by atoms with Crippen molar-refractivity contribution in [2.24, 2.45) is 25.7 Å². The van der Waals surface area contributed by atoms with Crippen molar-refractivity contribution < 1.29 is 4.79 Å². The normalized spacial score (nSPS) is 21.0. The Morgan fingerprint density at radius 1 is 1.32 bits per heavy atom. The van der Waals surface area contributed by atoms with Crippen LogP contribution in [0.5, 0.6) is 0 Å². The number of carbonyl (C=O) groups excluding carboxylic acids is 1. The first-order valence-corrected chi connectivity index (χ1v) is 8.45. The van der Waals surface area contributed by atoms with Crippen molar-refractivity contribution in [3.63, 3.8) is 0 Å². The van der Waals surface area contributed by atoms with Gasteiger partial charge in [0.2, 0.25) is 5.91 Å². The van der Waals surface area contributed by atoms with Gasteiger partial charge in [-0.25, -0.2) is 9.78 Å². The highest BCUT2D eigenvalue weighted by Gasteiger charge is 2.29. The Morgan fingerprint density at radius 2 is 2.04 bits per heavy atom. The van der Waals surface area contributed by atoms with Crippen LogP contribution < -0.4 is 17.0 Å². The highest BCUT2D eigenvalue weighted by molar-refractivity contribution is 5.79. The molecule has 2 atom stereocenters. The van der Waals surface area contributed by atoms with E-state index in [1.165, 1.54) is 22.5 Å². The molecular formula is C16H24N6O3. The summed E-state index contributed by atoms with van der Waals surface area (Å²) in [7, 11) is 2.97. The number of amides is 1. The van der Waals surface area contributed by atoms with Crippen molar-refractivity contribution >= 4 is 17.1 Å². The molecule has 1 aliphatic rings. The van der Waals surface area contributed by atoms with Gasteiger partial charge in [-0.3, -0.25) is 18.7 Å². The van der Waals surface area contributed by atoms with E-state index >= 15 is 0 Å². The molecular weight excluding hydrogens is 324 g/mol. The second-order valence-corrected chi connectivity index (χ2v) is 6.86. The lowest BCUT2D eigenvalue weighted by Gasteiger charge is -2.38. The second kappa shape index (κ2) is 6.47.